The van der Waals surface area contributed by atoms with E-state index in [2.05, 4.69) is 31.3 Å². The van der Waals surface area contributed by atoms with Crippen LogP contribution in [0.15, 0.2) is 29.2 Å². The van der Waals surface area contributed by atoms with E-state index >= 15 is 0 Å². The molecule has 0 fully saturated rings. The second-order valence-corrected chi connectivity index (χ2v) is 6.15. The lowest BCUT2D eigenvalue weighted by Gasteiger charge is -2.21. The molecule has 0 radical (unpaired) electrons. The molecule has 1 aromatic carbocycles. The van der Waals surface area contributed by atoms with Gasteiger partial charge in [0.2, 0.25) is 0 Å². The molecular weight excluding hydrogens is 246 g/mol. The molecular formula is C14H19NO2S. The summed E-state index contributed by atoms with van der Waals surface area (Å²) in [7, 11) is 0. The lowest BCUT2D eigenvalue weighted by atomic mass is 10.0. The van der Waals surface area contributed by atoms with E-state index in [9.17, 15) is 9.90 Å². The Morgan fingerprint density at radius 3 is 2.89 bits per heavy atom. The molecule has 18 heavy (non-hydrogen) atoms. The molecule has 0 amide bonds. The van der Waals surface area contributed by atoms with E-state index in [-0.39, 0.29) is 6.04 Å². The van der Waals surface area contributed by atoms with Crippen LogP contribution in [0.3, 0.4) is 0 Å². The van der Waals surface area contributed by atoms with E-state index in [0.29, 0.717) is 12.3 Å². The van der Waals surface area contributed by atoms with E-state index in [1.54, 1.807) is 11.8 Å². The molecule has 1 heterocycles. The molecule has 1 aromatic rings. The number of fused-ring (bicyclic) bond motifs is 1. The fraction of sp³-hybridized carbons (Fsp3) is 0.500. The number of aliphatic carboxylic acids is 1. The van der Waals surface area contributed by atoms with Crippen molar-refractivity contribution >= 4 is 17.7 Å². The Kier molecular flexibility index (Phi) is 4.30. The molecule has 2 rings (SSSR count). The molecule has 2 atom stereocenters. The average molecular weight is 265 g/mol. The predicted molar refractivity (Wildman–Crippen MR) is 73.9 cm³/mol. The first kappa shape index (κ1) is 13.4. The monoisotopic (exact) mass is 265 g/mol. The number of nitrogens with one attached hydrogen (secondary N) is 1. The van der Waals surface area contributed by atoms with Crippen LogP contribution in [0.5, 0.6) is 0 Å². The van der Waals surface area contributed by atoms with Crippen molar-refractivity contribution in [2.45, 2.75) is 37.2 Å². The lowest BCUT2D eigenvalue weighted by molar-refractivity contribution is -0.140. The minimum atomic E-state index is -0.752. The van der Waals surface area contributed by atoms with Crippen LogP contribution in [0, 0.1) is 5.92 Å². The Morgan fingerprint density at radius 2 is 2.22 bits per heavy atom. The number of carboxylic acid groups (broad SMARTS) is 1. The van der Waals surface area contributed by atoms with Crippen LogP contribution in [0.4, 0.5) is 0 Å². The van der Waals surface area contributed by atoms with Gasteiger partial charge in [-0.3, -0.25) is 10.1 Å². The summed E-state index contributed by atoms with van der Waals surface area (Å²) in [6, 6.07) is 7.92. The second-order valence-electron chi connectivity index (χ2n) is 5.09. The Balaban J connectivity index is 2.07. The van der Waals surface area contributed by atoms with Crippen molar-refractivity contribution in [3.63, 3.8) is 0 Å². The van der Waals surface area contributed by atoms with Gasteiger partial charge in [0.15, 0.2) is 0 Å². The number of hydrogen-bond donors (Lipinski definition) is 2. The van der Waals surface area contributed by atoms with E-state index in [1.807, 2.05) is 12.1 Å². The predicted octanol–water partition coefficient (Wildman–Crippen LogP) is 2.92. The van der Waals surface area contributed by atoms with Crippen molar-refractivity contribution in [3.8, 4) is 0 Å². The van der Waals surface area contributed by atoms with Crippen molar-refractivity contribution in [2.24, 2.45) is 5.92 Å². The number of hydrogen-bond acceptors (Lipinski definition) is 3. The first-order valence-corrected chi connectivity index (χ1v) is 7.27. The SMILES string of the molecule is CC(C)CC(NC1CSc2ccccc21)C(=O)O. The number of benzene rings is 1. The zero-order valence-electron chi connectivity index (χ0n) is 10.7. The van der Waals surface area contributed by atoms with Gasteiger partial charge in [-0.25, -0.2) is 0 Å². The molecule has 2 unspecified atom stereocenters. The topological polar surface area (TPSA) is 49.3 Å². The largest absolute Gasteiger partial charge is 0.480 e. The molecule has 0 aliphatic carbocycles. The van der Waals surface area contributed by atoms with Crippen LogP contribution in [-0.4, -0.2) is 22.9 Å². The van der Waals surface area contributed by atoms with Crippen LogP contribution < -0.4 is 5.32 Å². The molecule has 1 aliphatic heterocycles. The summed E-state index contributed by atoms with van der Waals surface area (Å²) in [6.07, 6.45) is 0.665. The van der Waals surface area contributed by atoms with Crippen LogP contribution in [0.1, 0.15) is 31.9 Å². The standard InChI is InChI=1S/C14H19NO2S/c1-9(2)7-11(14(16)17)15-12-8-18-13-6-4-3-5-10(12)13/h3-6,9,11-12,15H,7-8H2,1-2H3,(H,16,17). The highest BCUT2D eigenvalue weighted by Gasteiger charge is 2.28. The van der Waals surface area contributed by atoms with Gasteiger partial charge < -0.3 is 5.11 Å². The summed E-state index contributed by atoms with van der Waals surface area (Å²) in [5.74, 6) is 0.544. The molecule has 2 N–H and O–H groups in total. The Morgan fingerprint density at radius 1 is 1.50 bits per heavy atom. The fourth-order valence-corrected chi connectivity index (χ4v) is 3.43. The maximum atomic E-state index is 11.3. The van der Waals surface area contributed by atoms with Crippen LogP contribution >= 0.6 is 11.8 Å². The number of thioether (sulfide) groups is 1. The maximum Gasteiger partial charge on any atom is 0.320 e. The van der Waals surface area contributed by atoms with Gasteiger partial charge in [0.1, 0.15) is 6.04 Å². The van der Waals surface area contributed by atoms with Gasteiger partial charge in [0, 0.05) is 16.7 Å². The van der Waals surface area contributed by atoms with Gasteiger partial charge in [-0.15, -0.1) is 11.8 Å². The second kappa shape index (κ2) is 5.76. The minimum Gasteiger partial charge on any atom is -0.480 e. The van der Waals surface area contributed by atoms with Gasteiger partial charge in [-0.1, -0.05) is 32.0 Å². The molecule has 0 spiro atoms. The van der Waals surface area contributed by atoms with Crippen molar-refractivity contribution in [2.75, 3.05) is 5.75 Å². The molecule has 1 aliphatic rings. The smallest absolute Gasteiger partial charge is 0.320 e. The summed E-state index contributed by atoms with van der Waals surface area (Å²) >= 11 is 1.79. The first-order valence-electron chi connectivity index (χ1n) is 6.28. The highest BCUT2D eigenvalue weighted by atomic mass is 32.2. The number of rotatable bonds is 5. The Bertz CT molecular complexity index is 434. The van der Waals surface area contributed by atoms with Gasteiger partial charge in [0.25, 0.3) is 0 Å². The van der Waals surface area contributed by atoms with Crippen LogP contribution in [0.2, 0.25) is 0 Å². The third-order valence-electron chi connectivity index (χ3n) is 3.11. The Hall–Kier alpha value is -1.00. The zero-order valence-corrected chi connectivity index (χ0v) is 11.5. The van der Waals surface area contributed by atoms with Crippen LogP contribution in [0.25, 0.3) is 0 Å². The van der Waals surface area contributed by atoms with Gasteiger partial charge in [-0.2, -0.15) is 0 Å². The zero-order chi connectivity index (χ0) is 13.1. The first-order chi connectivity index (χ1) is 8.58. The minimum absolute atomic E-state index is 0.158. The third kappa shape index (κ3) is 3.06. The third-order valence-corrected chi connectivity index (χ3v) is 4.29. The summed E-state index contributed by atoms with van der Waals surface area (Å²) in [6.45, 7) is 4.10. The highest BCUT2D eigenvalue weighted by Crippen LogP contribution is 2.38. The molecule has 3 nitrogen and oxygen atoms in total. The molecule has 0 saturated heterocycles. The van der Waals surface area contributed by atoms with E-state index in [1.165, 1.54) is 10.5 Å². The molecule has 4 heteroatoms. The van der Waals surface area contributed by atoms with Gasteiger partial charge in [-0.05, 0) is 24.0 Å². The summed E-state index contributed by atoms with van der Waals surface area (Å²) in [5.41, 5.74) is 1.23. The highest BCUT2D eigenvalue weighted by molar-refractivity contribution is 7.99. The van der Waals surface area contributed by atoms with Crippen molar-refractivity contribution in [3.05, 3.63) is 29.8 Å². The average Bonchev–Trinajstić information content (AvgIpc) is 2.71. The summed E-state index contributed by atoms with van der Waals surface area (Å²) in [4.78, 5) is 12.5. The number of carbonyl (C=O) groups is 1. The normalized spacial score (nSPS) is 19.8. The van der Waals surface area contributed by atoms with Gasteiger partial charge in [0.05, 0.1) is 0 Å². The molecule has 0 aromatic heterocycles. The van der Waals surface area contributed by atoms with Crippen molar-refractivity contribution in [1.29, 1.82) is 0 Å². The van der Waals surface area contributed by atoms with E-state index < -0.39 is 12.0 Å². The molecule has 0 saturated carbocycles. The fourth-order valence-electron chi connectivity index (χ4n) is 2.26. The van der Waals surface area contributed by atoms with E-state index in [0.717, 1.165) is 5.75 Å². The summed E-state index contributed by atoms with van der Waals surface area (Å²) < 4.78 is 0. The quantitative estimate of drug-likeness (QED) is 0.859. The lowest BCUT2D eigenvalue weighted by Crippen LogP contribution is -2.40. The van der Waals surface area contributed by atoms with E-state index in [4.69, 9.17) is 0 Å². The molecule has 0 bridgehead atoms. The van der Waals surface area contributed by atoms with Crippen LogP contribution in [-0.2, 0) is 4.79 Å². The van der Waals surface area contributed by atoms with Gasteiger partial charge >= 0.3 is 5.97 Å². The Labute approximate surface area is 112 Å². The van der Waals surface area contributed by atoms with Crippen molar-refractivity contribution in [1.82, 2.24) is 5.32 Å². The van der Waals surface area contributed by atoms with Crippen molar-refractivity contribution < 1.29 is 9.90 Å². The number of carboxylic acids is 1. The molecule has 98 valence electrons. The summed E-state index contributed by atoms with van der Waals surface area (Å²) in [5, 5.41) is 12.5. The maximum absolute atomic E-state index is 11.3.